The summed E-state index contributed by atoms with van der Waals surface area (Å²) >= 11 is 0. The molecule has 1 saturated carbocycles. The van der Waals surface area contributed by atoms with Gasteiger partial charge in [-0.05, 0) is 43.4 Å². The highest BCUT2D eigenvalue weighted by Gasteiger charge is 2.35. The highest BCUT2D eigenvalue weighted by molar-refractivity contribution is 5.49. The maximum absolute atomic E-state index is 6.36. The second-order valence-electron chi connectivity index (χ2n) is 7.12. The molecule has 118 valence electrons. The van der Waals surface area contributed by atoms with Crippen LogP contribution >= 0.6 is 0 Å². The van der Waals surface area contributed by atoms with Crippen molar-refractivity contribution < 1.29 is 4.74 Å². The molecule has 3 nitrogen and oxygen atoms in total. The number of ether oxygens (including phenoxy) is 1. The molecule has 1 aromatic carbocycles. The topological polar surface area (TPSA) is 24.5 Å². The van der Waals surface area contributed by atoms with E-state index < -0.39 is 0 Å². The number of hydrogen-bond acceptors (Lipinski definition) is 3. The van der Waals surface area contributed by atoms with Gasteiger partial charge in [0.2, 0.25) is 0 Å². The van der Waals surface area contributed by atoms with Gasteiger partial charge in [0.25, 0.3) is 0 Å². The zero-order valence-electron chi connectivity index (χ0n) is 14.1. The van der Waals surface area contributed by atoms with Gasteiger partial charge in [0, 0.05) is 31.9 Å². The number of rotatable bonds is 5. The summed E-state index contributed by atoms with van der Waals surface area (Å²) < 4.78 is 6.36. The monoisotopic (exact) mass is 290 g/mol. The van der Waals surface area contributed by atoms with Gasteiger partial charge in [0.1, 0.15) is 11.9 Å². The summed E-state index contributed by atoms with van der Waals surface area (Å²) in [6.07, 6.45) is 3.82. The Hall–Kier alpha value is -1.22. The molecule has 0 heterocycles. The lowest BCUT2D eigenvalue weighted by molar-refractivity contribution is 0.0537. The summed E-state index contributed by atoms with van der Waals surface area (Å²) in [5.41, 5.74) is 1.55. The van der Waals surface area contributed by atoms with Crippen LogP contribution in [-0.2, 0) is 0 Å². The zero-order chi connectivity index (χ0) is 15.5. The number of hydrogen-bond donors (Lipinski definition) is 1. The van der Waals surface area contributed by atoms with Gasteiger partial charge in [-0.25, -0.2) is 0 Å². The fourth-order valence-electron chi connectivity index (χ4n) is 3.15. The Labute approximate surface area is 129 Å². The summed E-state index contributed by atoms with van der Waals surface area (Å²) in [6.45, 7) is 7.87. The summed E-state index contributed by atoms with van der Waals surface area (Å²) in [6, 6.07) is 8.84. The second kappa shape index (κ2) is 6.69. The Kier molecular flexibility index (Phi) is 5.15. The first kappa shape index (κ1) is 16.2. The van der Waals surface area contributed by atoms with Crippen molar-refractivity contribution in [3.63, 3.8) is 0 Å². The smallest absolute Gasteiger partial charge is 0.121 e. The average Bonchev–Trinajstić information content (AvgIpc) is 2.42. The van der Waals surface area contributed by atoms with Crippen molar-refractivity contribution in [3.05, 3.63) is 24.3 Å². The maximum atomic E-state index is 6.36. The predicted octanol–water partition coefficient (Wildman–Crippen LogP) is 3.69. The van der Waals surface area contributed by atoms with Gasteiger partial charge in [0.15, 0.2) is 0 Å². The Balaban J connectivity index is 2.12. The van der Waals surface area contributed by atoms with Crippen LogP contribution in [0.5, 0.6) is 5.75 Å². The van der Waals surface area contributed by atoms with Gasteiger partial charge in [-0.2, -0.15) is 0 Å². The summed E-state index contributed by atoms with van der Waals surface area (Å²) in [7, 11) is 4.12. The molecule has 1 fully saturated rings. The molecule has 2 atom stereocenters. The number of anilines is 1. The number of nitrogens with one attached hydrogen (secondary N) is 1. The van der Waals surface area contributed by atoms with E-state index in [1.807, 2.05) is 0 Å². The van der Waals surface area contributed by atoms with E-state index in [4.69, 9.17) is 4.74 Å². The van der Waals surface area contributed by atoms with Crippen LogP contribution in [0.1, 0.15) is 40.0 Å². The van der Waals surface area contributed by atoms with Gasteiger partial charge in [0.05, 0.1) is 0 Å². The lowest BCUT2D eigenvalue weighted by Gasteiger charge is -2.41. The minimum Gasteiger partial charge on any atom is -0.489 e. The van der Waals surface area contributed by atoms with Crippen LogP contribution in [0.15, 0.2) is 24.3 Å². The van der Waals surface area contributed by atoms with Crippen LogP contribution in [0, 0.1) is 5.41 Å². The molecule has 0 amide bonds. The quantitative estimate of drug-likeness (QED) is 0.895. The van der Waals surface area contributed by atoms with Gasteiger partial charge in [-0.3, -0.25) is 0 Å². The van der Waals surface area contributed by atoms with Crippen LogP contribution in [0.2, 0.25) is 0 Å². The van der Waals surface area contributed by atoms with Crippen molar-refractivity contribution in [3.8, 4) is 5.75 Å². The van der Waals surface area contributed by atoms with Gasteiger partial charge < -0.3 is 15.0 Å². The van der Waals surface area contributed by atoms with Crippen LogP contribution in [0.3, 0.4) is 0 Å². The van der Waals surface area contributed by atoms with Crippen molar-refractivity contribution in [2.45, 2.75) is 52.2 Å². The molecular formula is C18H30N2O. The van der Waals surface area contributed by atoms with E-state index in [9.17, 15) is 0 Å². The molecule has 0 bridgehead atoms. The predicted molar refractivity (Wildman–Crippen MR) is 90.3 cm³/mol. The van der Waals surface area contributed by atoms with E-state index >= 15 is 0 Å². The fourth-order valence-corrected chi connectivity index (χ4v) is 3.15. The molecule has 1 aliphatic carbocycles. The maximum Gasteiger partial charge on any atom is 0.121 e. The normalized spacial score (nSPS) is 24.6. The first-order valence-electron chi connectivity index (χ1n) is 8.09. The molecule has 2 rings (SSSR count). The van der Waals surface area contributed by atoms with E-state index in [0.29, 0.717) is 11.5 Å². The summed E-state index contributed by atoms with van der Waals surface area (Å²) in [4.78, 5) is 2.11. The number of nitrogens with zero attached hydrogens (tertiary/aromatic N) is 1. The molecule has 0 aliphatic heterocycles. The molecule has 1 aliphatic rings. The molecule has 0 spiro atoms. The zero-order valence-corrected chi connectivity index (χ0v) is 14.1. The highest BCUT2D eigenvalue weighted by atomic mass is 16.5. The van der Waals surface area contributed by atoms with Crippen molar-refractivity contribution in [2.75, 3.05) is 25.5 Å². The van der Waals surface area contributed by atoms with E-state index in [0.717, 1.165) is 18.7 Å². The Morgan fingerprint density at radius 1 is 1.33 bits per heavy atom. The van der Waals surface area contributed by atoms with Crippen LogP contribution in [0.4, 0.5) is 5.69 Å². The van der Waals surface area contributed by atoms with Crippen molar-refractivity contribution >= 4 is 5.69 Å². The van der Waals surface area contributed by atoms with Gasteiger partial charge in [-0.15, -0.1) is 0 Å². The lowest BCUT2D eigenvalue weighted by Crippen LogP contribution is -2.49. The van der Waals surface area contributed by atoms with E-state index in [2.05, 4.69) is 69.3 Å². The first-order chi connectivity index (χ1) is 9.91. The third-order valence-electron chi connectivity index (χ3n) is 4.42. The Bertz CT molecular complexity index is 456. The number of benzene rings is 1. The SMILES string of the molecule is CCNC1CCC(C)(C)CC1Oc1cccc(N(C)C)c1. The molecule has 0 aromatic heterocycles. The summed E-state index contributed by atoms with van der Waals surface area (Å²) in [5, 5.41) is 3.59. The third kappa shape index (κ3) is 4.37. The molecular weight excluding hydrogens is 260 g/mol. The minimum atomic E-state index is 0.256. The minimum absolute atomic E-state index is 0.256. The molecule has 1 N–H and O–H groups in total. The molecule has 0 radical (unpaired) electrons. The average molecular weight is 290 g/mol. The number of likely N-dealkylation sites (N-methyl/N-ethyl adjacent to an activating group) is 1. The first-order valence-corrected chi connectivity index (χ1v) is 8.09. The third-order valence-corrected chi connectivity index (χ3v) is 4.42. The summed E-state index contributed by atoms with van der Waals surface area (Å²) in [5.74, 6) is 0.979. The van der Waals surface area contributed by atoms with Crippen molar-refractivity contribution in [2.24, 2.45) is 5.41 Å². The van der Waals surface area contributed by atoms with E-state index in [1.54, 1.807) is 0 Å². The Morgan fingerprint density at radius 2 is 2.10 bits per heavy atom. The molecule has 3 heteroatoms. The van der Waals surface area contributed by atoms with Crippen molar-refractivity contribution in [1.82, 2.24) is 5.32 Å². The van der Waals surface area contributed by atoms with Crippen LogP contribution in [0.25, 0.3) is 0 Å². The van der Waals surface area contributed by atoms with Crippen molar-refractivity contribution in [1.29, 1.82) is 0 Å². The van der Waals surface area contributed by atoms with Crippen LogP contribution in [-0.4, -0.2) is 32.8 Å². The second-order valence-corrected chi connectivity index (χ2v) is 7.12. The largest absolute Gasteiger partial charge is 0.489 e. The molecule has 21 heavy (non-hydrogen) atoms. The molecule has 1 aromatic rings. The van der Waals surface area contributed by atoms with E-state index in [1.165, 1.54) is 18.5 Å². The Morgan fingerprint density at radius 3 is 2.76 bits per heavy atom. The van der Waals surface area contributed by atoms with Gasteiger partial charge >= 0.3 is 0 Å². The molecule has 2 unspecified atom stereocenters. The highest BCUT2D eigenvalue weighted by Crippen LogP contribution is 2.37. The molecule has 0 saturated heterocycles. The van der Waals surface area contributed by atoms with E-state index in [-0.39, 0.29) is 6.10 Å². The fraction of sp³-hybridized carbons (Fsp3) is 0.667. The van der Waals surface area contributed by atoms with Gasteiger partial charge in [-0.1, -0.05) is 26.8 Å². The lowest BCUT2D eigenvalue weighted by atomic mass is 9.74. The standard InChI is InChI=1S/C18H30N2O/c1-6-19-16-10-11-18(2,3)13-17(16)21-15-9-7-8-14(12-15)20(4)5/h7-9,12,16-17,19H,6,10-11,13H2,1-5H3. The van der Waals surface area contributed by atoms with Crippen LogP contribution < -0.4 is 15.0 Å².